The van der Waals surface area contributed by atoms with Crippen LogP contribution in [0.15, 0.2) is 11.8 Å². The maximum atomic E-state index is 11.3. The van der Waals surface area contributed by atoms with Crippen LogP contribution in [0, 0.1) is 0 Å². The van der Waals surface area contributed by atoms with E-state index in [9.17, 15) is 9.90 Å². The Hall–Kier alpha value is -1.03. The monoisotopic (exact) mass is 183 g/mol. The van der Waals surface area contributed by atoms with Gasteiger partial charge in [0.25, 0.3) is 5.91 Å². The first-order valence-electron chi connectivity index (χ1n) is 4.57. The molecule has 1 amide bonds. The molecule has 1 heterocycles. The number of nitrogens with one attached hydrogen (secondary N) is 1. The van der Waals surface area contributed by atoms with Crippen LogP contribution in [0.1, 0.15) is 26.2 Å². The van der Waals surface area contributed by atoms with Gasteiger partial charge >= 0.3 is 0 Å². The number of hydrazine groups is 1. The van der Waals surface area contributed by atoms with Crippen LogP contribution in [0.5, 0.6) is 0 Å². The van der Waals surface area contributed by atoms with Gasteiger partial charge in [-0.2, -0.15) is 0 Å². The molecule has 1 fully saturated rings. The van der Waals surface area contributed by atoms with Crippen LogP contribution in [0.25, 0.3) is 0 Å². The Balaban J connectivity index is 2.61. The molecule has 0 aromatic heterocycles. The van der Waals surface area contributed by atoms with Crippen molar-refractivity contribution in [3.63, 3.8) is 0 Å². The molecule has 4 nitrogen and oxygen atoms in total. The highest BCUT2D eigenvalue weighted by atomic mass is 16.2. The van der Waals surface area contributed by atoms with Crippen molar-refractivity contribution in [3.05, 3.63) is 11.8 Å². The third-order valence-corrected chi connectivity index (χ3v) is 2.25. The first-order valence-corrected chi connectivity index (χ1v) is 4.57. The fraction of sp³-hybridized carbons (Fsp3) is 0.667. The van der Waals surface area contributed by atoms with E-state index < -0.39 is 0 Å². The summed E-state index contributed by atoms with van der Waals surface area (Å²) < 4.78 is 0. The minimum atomic E-state index is -0.198. The van der Waals surface area contributed by atoms with E-state index in [0.29, 0.717) is 11.8 Å². The molecule has 1 aliphatic rings. The number of hydrogen-bond acceptors (Lipinski definition) is 3. The number of nitrogens with zero attached hydrogens (tertiary/aromatic N) is 1. The van der Waals surface area contributed by atoms with Gasteiger partial charge in [-0.15, -0.1) is 6.26 Å². The van der Waals surface area contributed by atoms with Gasteiger partial charge < -0.3 is 5.11 Å². The smallest absolute Gasteiger partial charge is 0.264 e. The molecule has 1 N–H and O–H groups in total. The van der Waals surface area contributed by atoms with E-state index in [-0.39, 0.29) is 11.9 Å². The number of carbonyl (C=O) groups is 1. The predicted molar refractivity (Wildman–Crippen MR) is 47.3 cm³/mol. The second-order valence-corrected chi connectivity index (χ2v) is 3.26. The number of hydrogen-bond donors (Lipinski definition) is 1. The van der Waals surface area contributed by atoms with E-state index in [4.69, 9.17) is 0 Å². The fourth-order valence-corrected chi connectivity index (χ4v) is 1.47. The normalized spacial score (nSPS) is 26.0. The molecule has 0 aliphatic carbocycles. The van der Waals surface area contributed by atoms with Gasteiger partial charge in [0.2, 0.25) is 0 Å². The second kappa shape index (κ2) is 4.28. The lowest BCUT2D eigenvalue weighted by molar-refractivity contribution is -0.276. The van der Waals surface area contributed by atoms with E-state index >= 15 is 0 Å². The average Bonchev–Trinajstić information content (AvgIpc) is 2.39. The van der Waals surface area contributed by atoms with Crippen molar-refractivity contribution in [1.29, 1.82) is 0 Å². The second-order valence-electron chi connectivity index (χ2n) is 3.26. The molecule has 0 bridgehead atoms. The Kier molecular flexibility index (Phi) is 3.31. The molecular formula is C9H15N2O2-. The van der Waals surface area contributed by atoms with Gasteiger partial charge in [0, 0.05) is 12.6 Å². The summed E-state index contributed by atoms with van der Waals surface area (Å²) in [7, 11) is 1.64. The number of unbranched alkanes of at least 4 members (excludes halogenated alkanes) is 1. The summed E-state index contributed by atoms with van der Waals surface area (Å²) in [4.78, 5) is 11.3. The van der Waals surface area contributed by atoms with Crippen LogP contribution in [-0.4, -0.2) is 24.0 Å². The summed E-state index contributed by atoms with van der Waals surface area (Å²) in [6, 6.07) is -0.0741. The van der Waals surface area contributed by atoms with Gasteiger partial charge in [-0.1, -0.05) is 19.8 Å². The molecule has 1 saturated heterocycles. The lowest BCUT2D eigenvalue weighted by Gasteiger charge is -2.11. The molecule has 4 heteroatoms. The highest BCUT2D eigenvalue weighted by molar-refractivity contribution is 5.95. The van der Waals surface area contributed by atoms with Gasteiger partial charge in [0.15, 0.2) is 0 Å². The molecule has 0 spiro atoms. The van der Waals surface area contributed by atoms with Crippen molar-refractivity contribution in [3.8, 4) is 0 Å². The van der Waals surface area contributed by atoms with Crippen LogP contribution in [-0.2, 0) is 4.79 Å². The van der Waals surface area contributed by atoms with Gasteiger partial charge in [-0.3, -0.25) is 9.80 Å². The van der Waals surface area contributed by atoms with Crippen molar-refractivity contribution in [2.45, 2.75) is 32.2 Å². The Bertz CT molecular complexity index is 226. The van der Waals surface area contributed by atoms with Crippen molar-refractivity contribution >= 4 is 5.91 Å². The van der Waals surface area contributed by atoms with Crippen molar-refractivity contribution in [2.24, 2.45) is 0 Å². The van der Waals surface area contributed by atoms with E-state index in [1.807, 2.05) is 0 Å². The lowest BCUT2D eigenvalue weighted by atomic mass is 10.0. The lowest BCUT2D eigenvalue weighted by Crippen LogP contribution is -2.33. The van der Waals surface area contributed by atoms with Gasteiger partial charge in [0.05, 0.1) is 6.04 Å². The van der Waals surface area contributed by atoms with Crippen LogP contribution in [0.2, 0.25) is 0 Å². The Morgan fingerprint density at radius 3 is 2.92 bits per heavy atom. The number of amides is 1. The molecule has 0 radical (unpaired) electrons. The molecule has 0 aromatic carbocycles. The van der Waals surface area contributed by atoms with Crippen LogP contribution in [0.4, 0.5) is 0 Å². The van der Waals surface area contributed by atoms with Crippen LogP contribution < -0.4 is 10.5 Å². The summed E-state index contributed by atoms with van der Waals surface area (Å²) in [5.74, 6) is -0.198. The Morgan fingerprint density at radius 2 is 2.38 bits per heavy atom. The first-order chi connectivity index (χ1) is 6.20. The minimum absolute atomic E-state index is 0.0741. The minimum Gasteiger partial charge on any atom is -0.878 e. The Labute approximate surface area is 78.2 Å². The Morgan fingerprint density at radius 1 is 1.69 bits per heavy atom. The molecule has 74 valence electrons. The molecule has 1 aliphatic heterocycles. The van der Waals surface area contributed by atoms with Gasteiger partial charge in [0.1, 0.15) is 0 Å². The summed E-state index contributed by atoms with van der Waals surface area (Å²) in [6.45, 7) is 2.08. The van der Waals surface area contributed by atoms with Crippen LogP contribution >= 0.6 is 0 Å². The topological polar surface area (TPSA) is 55.4 Å². The summed E-state index contributed by atoms with van der Waals surface area (Å²) >= 11 is 0. The third kappa shape index (κ3) is 2.01. The zero-order valence-corrected chi connectivity index (χ0v) is 8.04. The van der Waals surface area contributed by atoms with Crippen molar-refractivity contribution in [1.82, 2.24) is 10.4 Å². The van der Waals surface area contributed by atoms with E-state index in [0.717, 1.165) is 19.3 Å². The molecule has 1 atom stereocenters. The quantitative estimate of drug-likeness (QED) is 0.485. The SMILES string of the molecule is CCCCC1NN(C)C(=O)/C1=C/[O-]. The van der Waals surface area contributed by atoms with E-state index in [1.54, 1.807) is 7.05 Å². The average molecular weight is 183 g/mol. The highest BCUT2D eigenvalue weighted by Gasteiger charge is 2.30. The molecule has 1 unspecified atom stereocenters. The molecule has 13 heavy (non-hydrogen) atoms. The summed E-state index contributed by atoms with van der Waals surface area (Å²) in [6.07, 6.45) is 3.61. The largest absolute Gasteiger partial charge is 0.878 e. The molecule has 0 saturated carbocycles. The maximum Gasteiger partial charge on any atom is 0.264 e. The third-order valence-electron chi connectivity index (χ3n) is 2.25. The standard InChI is InChI=1S/C9H16N2O2/c1-3-4-5-8-7(6-12)9(13)11(2)10-8/h6,8,10,12H,3-5H2,1-2H3/p-1/b7-6+. The molecular weight excluding hydrogens is 168 g/mol. The number of rotatable bonds is 3. The fourth-order valence-electron chi connectivity index (χ4n) is 1.47. The van der Waals surface area contributed by atoms with Crippen molar-refractivity contribution < 1.29 is 9.90 Å². The zero-order valence-electron chi connectivity index (χ0n) is 8.04. The zero-order chi connectivity index (χ0) is 9.84. The van der Waals surface area contributed by atoms with Gasteiger partial charge in [-0.25, -0.2) is 5.43 Å². The maximum absolute atomic E-state index is 11.3. The van der Waals surface area contributed by atoms with E-state index in [1.165, 1.54) is 5.01 Å². The number of carbonyl (C=O) groups excluding carboxylic acids is 1. The number of likely N-dealkylation sites (N-methyl/N-ethyl adjacent to an activating group) is 1. The highest BCUT2D eigenvalue weighted by Crippen LogP contribution is 2.17. The molecule has 0 aromatic rings. The summed E-state index contributed by atoms with van der Waals surface area (Å²) in [5, 5.41) is 12.0. The van der Waals surface area contributed by atoms with Gasteiger partial charge in [-0.05, 0) is 6.42 Å². The van der Waals surface area contributed by atoms with E-state index in [2.05, 4.69) is 12.3 Å². The summed E-state index contributed by atoms with van der Waals surface area (Å²) in [5.41, 5.74) is 3.31. The van der Waals surface area contributed by atoms with Crippen LogP contribution in [0.3, 0.4) is 0 Å². The van der Waals surface area contributed by atoms with Crippen molar-refractivity contribution in [2.75, 3.05) is 7.05 Å². The molecule has 1 rings (SSSR count). The predicted octanol–water partition coefficient (Wildman–Crippen LogP) is -0.234. The first kappa shape index (κ1) is 10.1.